The summed E-state index contributed by atoms with van der Waals surface area (Å²) < 4.78 is 1.89. The lowest BCUT2D eigenvalue weighted by molar-refractivity contribution is 0.372. The van der Waals surface area contributed by atoms with E-state index in [9.17, 15) is 4.79 Å². The minimum Gasteiger partial charge on any atom is -0.315 e. The van der Waals surface area contributed by atoms with Crippen LogP contribution in [0.25, 0.3) is 11.0 Å². The zero-order valence-corrected chi connectivity index (χ0v) is 9.07. The first-order chi connectivity index (χ1) is 7.86. The molecule has 1 aromatic heterocycles. The molecule has 1 aromatic carbocycles. The number of nitrogens with zero attached hydrogens (tertiary/aromatic N) is 1. The number of para-hydroxylation sites is 2. The average Bonchev–Trinajstić information content (AvgIpc) is 2.66. The van der Waals surface area contributed by atoms with E-state index in [0.717, 1.165) is 37.0 Å². The number of fused-ring (bicyclic) bond motifs is 1. The molecular formula is C12H15N3O. The molecule has 0 amide bonds. The monoisotopic (exact) mass is 217 g/mol. The lowest BCUT2D eigenvalue weighted by Gasteiger charge is -2.23. The zero-order valence-electron chi connectivity index (χ0n) is 9.07. The Morgan fingerprint density at radius 2 is 2.19 bits per heavy atom. The lowest BCUT2D eigenvalue weighted by Crippen LogP contribution is -2.35. The van der Waals surface area contributed by atoms with Gasteiger partial charge in [-0.2, -0.15) is 0 Å². The molecule has 4 heteroatoms. The molecule has 1 saturated heterocycles. The molecule has 0 radical (unpaired) electrons. The number of aromatic amines is 1. The normalized spacial score (nSPS) is 21.4. The Labute approximate surface area is 93.3 Å². The molecule has 0 bridgehead atoms. The third-order valence-corrected chi connectivity index (χ3v) is 3.26. The smallest absolute Gasteiger partial charge is 0.315 e. The molecule has 0 saturated carbocycles. The van der Waals surface area contributed by atoms with Crippen molar-refractivity contribution in [3.8, 4) is 0 Å². The highest BCUT2D eigenvalue weighted by molar-refractivity contribution is 5.75. The molecule has 1 aliphatic heterocycles. The molecule has 0 aliphatic carbocycles. The summed E-state index contributed by atoms with van der Waals surface area (Å²) in [7, 11) is 0. The fraction of sp³-hybridized carbons (Fsp3) is 0.417. The molecule has 0 spiro atoms. The van der Waals surface area contributed by atoms with Crippen LogP contribution in [0.2, 0.25) is 0 Å². The Balaban J connectivity index is 2.14. The third-order valence-electron chi connectivity index (χ3n) is 3.26. The minimum absolute atomic E-state index is 0.00917. The van der Waals surface area contributed by atoms with E-state index in [1.807, 2.05) is 28.8 Å². The first-order valence-electron chi connectivity index (χ1n) is 5.76. The van der Waals surface area contributed by atoms with Gasteiger partial charge in [0.2, 0.25) is 0 Å². The minimum atomic E-state index is 0.00917. The van der Waals surface area contributed by atoms with Crippen LogP contribution < -0.4 is 11.0 Å². The quantitative estimate of drug-likeness (QED) is 0.755. The molecule has 1 fully saturated rings. The highest BCUT2D eigenvalue weighted by atomic mass is 16.1. The van der Waals surface area contributed by atoms with Gasteiger partial charge in [-0.15, -0.1) is 0 Å². The molecule has 2 aromatic rings. The van der Waals surface area contributed by atoms with Crippen LogP contribution in [-0.4, -0.2) is 22.6 Å². The van der Waals surface area contributed by atoms with Gasteiger partial charge in [0.25, 0.3) is 0 Å². The van der Waals surface area contributed by atoms with E-state index in [-0.39, 0.29) is 11.7 Å². The van der Waals surface area contributed by atoms with Gasteiger partial charge in [0.1, 0.15) is 0 Å². The summed E-state index contributed by atoms with van der Waals surface area (Å²) >= 11 is 0. The fourth-order valence-electron chi connectivity index (χ4n) is 2.49. The van der Waals surface area contributed by atoms with Gasteiger partial charge in [-0.25, -0.2) is 4.79 Å². The second kappa shape index (κ2) is 3.79. The highest BCUT2D eigenvalue weighted by Crippen LogP contribution is 2.19. The van der Waals surface area contributed by atoms with Gasteiger partial charge >= 0.3 is 5.69 Å². The van der Waals surface area contributed by atoms with Crippen LogP contribution in [-0.2, 0) is 0 Å². The van der Waals surface area contributed by atoms with Crippen LogP contribution in [0.15, 0.2) is 29.1 Å². The Morgan fingerprint density at radius 3 is 3.00 bits per heavy atom. The summed E-state index contributed by atoms with van der Waals surface area (Å²) in [5.74, 6) is 0. The number of H-pyrrole nitrogens is 1. The van der Waals surface area contributed by atoms with Gasteiger partial charge < -0.3 is 10.3 Å². The molecular weight excluding hydrogens is 202 g/mol. The van der Waals surface area contributed by atoms with Crippen molar-refractivity contribution in [2.45, 2.75) is 18.9 Å². The van der Waals surface area contributed by atoms with Crippen molar-refractivity contribution in [1.29, 1.82) is 0 Å². The largest absolute Gasteiger partial charge is 0.326 e. The second-order valence-corrected chi connectivity index (χ2v) is 4.32. The standard InChI is InChI=1S/C12H15N3O/c16-12-14-10-5-1-2-6-11(10)15(12)9-4-3-7-13-8-9/h1-2,5-6,9,13H,3-4,7-8H2,(H,14,16)/t9-/m1/s1. The van der Waals surface area contributed by atoms with Crippen molar-refractivity contribution in [2.24, 2.45) is 0 Å². The molecule has 84 valence electrons. The van der Waals surface area contributed by atoms with Crippen LogP contribution >= 0.6 is 0 Å². The SMILES string of the molecule is O=c1[nH]c2ccccc2n1[C@@H]1CCCNC1. The predicted octanol–water partition coefficient (Wildman–Crippen LogP) is 1.25. The number of piperidine rings is 1. The van der Waals surface area contributed by atoms with E-state index in [1.165, 1.54) is 0 Å². The van der Waals surface area contributed by atoms with Crippen molar-refractivity contribution < 1.29 is 0 Å². The Morgan fingerprint density at radius 1 is 1.31 bits per heavy atom. The maximum Gasteiger partial charge on any atom is 0.326 e. The predicted molar refractivity (Wildman–Crippen MR) is 63.7 cm³/mol. The highest BCUT2D eigenvalue weighted by Gasteiger charge is 2.18. The maximum atomic E-state index is 11.9. The molecule has 2 N–H and O–H groups in total. The Bertz CT molecular complexity index is 549. The summed E-state index contributed by atoms with van der Waals surface area (Å²) in [6, 6.07) is 8.16. The average molecular weight is 217 g/mol. The van der Waals surface area contributed by atoms with Crippen molar-refractivity contribution in [3.05, 3.63) is 34.7 Å². The van der Waals surface area contributed by atoms with Gasteiger partial charge in [-0.3, -0.25) is 4.57 Å². The molecule has 4 nitrogen and oxygen atoms in total. The van der Waals surface area contributed by atoms with Crippen molar-refractivity contribution in [3.63, 3.8) is 0 Å². The summed E-state index contributed by atoms with van der Waals surface area (Å²) in [4.78, 5) is 14.8. The van der Waals surface area contributed by atoms with Crippen LogP contribution in [0.5, 0.6) is 0 Å². The Hall–Kier alpha value is -1.55. The maximum absolute atomic E-state index is 11.9. The third kappa shape index (κ3) is 1.46. The van der Waals surface area contributed by atoms with Gasteiger partial charge in [0.15, 0.2) is 0 Å². The van der Waals surface area contributed by atoms with E-state index in [0.29, 0.717) is 0 Å². The summed E-state index contributed by atoms with van der Waals surface area (Å²) in [6.45, 7) is 1.95. The number of rotatable bonds is 1. The van der Waals surface area contributed by atoms with Crippen molar-refractivity contribution >= 4 is 11.0 Å². The number of imidazole rings is 1. The molecule has 3 rings (SSSR count). The molecule has 16 heavy (non-hydrogen) atoms. The Kier molecular flexibility index (Phi) is 2.29. The van der Waals surface area contributed by atoms with E-state index < -0.39 is 0 Å². The van der Waals surface area contributed by atoms with E-state index in [2.05, 4.69) is 10.3 Å². The zero-order chi connectivity index (χ0) is 11.0. The first-order valence-corrected chi connectivity index (χ1v) is 5.76. The number of aromatic nitrogens is 2. The number of nitrogens with one attached hydrogen (secondary N) is 2. The van der Waals surface area contributed by atoms with Gasteiger partial charge in [-0.05, 0) is 31.5 Å². The molecule has 2 heterocycles. The molecule has 1 atom stereocenters. The van der Waals surface area contributed by atoms with Crippen LogP contribution in [0.4, 0.5) is 0 Å². The summed E-state index contributed by atoms with van der Waals surface area (Å²) in [5.41, 5.74) is 1.95. The van der Waals surface area contributed by atoms with Crippen LogP contribution in [0.1, 0.15) is 18.9 Å². The van der Waals surface area contributed by atoms with Gasteiger partial charge in [0, 0.05) is 6.54 Å². The summed E-state index contributed by atoms with van der Waals surface area (Å²) in [5, 5.41) is 3.34. The number of hydrogen-bond donors (Lipinski definition) is 2. The van der Waals surface area contributed by atoms with Gasteiger partial charge in [-0.1, -0.05) is 12.1 Å². The number of benzene rings is 1. The number of hydrogen-bond acceptors (Lipinski definition) is 2. The molecule has 0 unspecified atom stereocenters. The van der Waals surface area contributed by atoms with Crippen molar-refractivity contribution in [1.82, 2.24) is 14.9 Å². The summed E-state index contributed by atoms with van der Waals surface area (Å²) in [6.07, 6.45) is 2.21. The topological polar surface area (TPSA) is 49.8 Å². The van der Waals surface area contributed by atoms with Crippen molar-refractivity contribution in [2.75, 3.05) is 13.1 Å². The van der Waals surface area contributed by atoms with E-state index in [1.54, 1.807) is 0 Å². The molecule has 1 aliphatic rings. The van der Waals surface area contributed by atoms with Crippen LogP contribution in [0, 0.1) is 0 Å². The lowest BCUT2D eigenvalue weighted by atomic mass is 10.1. The second-order valence-electron chi connectivity index (χ2n) is 4.32. The fourth-order valence-corrected chi connectivity index (χ4v) is 2.49. The van der Waals surface area contributed by atoms with E-state index in [4.69, 9.17) is 0 Å². The first kappa shape index (κ1) is 9.66. The van der Waals surface area contributed by atoms with Gasteiger partial charge in [0.05, 0.1) is 17.1 Å². The van der Waals surface area contributed by atoms with Crippen LogP contribution in [0.3, 0.4) is 0 Å². The van der Waals surface area contributed by atoms with E-state index >= 15 is 0 Å².